The van der Waals surface area contributed by atoms with E-state index < -0.39 is 5.43 Å². The lowest BCUT2D eigenvalue weighted by Gasteiger charge is -2.15. The summed E-state index contributed by atoms with van der Waals surface area (Å²) in [7, 11) is 1.58. The molecule has 0 spiro atoms. The number of methoxy groups -OCH3 is 1. The minimum atomic E-state index is -0.478. The molecule has 0 radical (unpaired) electrons. The van der Waals surface area contributed by atoms with Crippen molar-refractivity contribution in [2.45, 2.75) is 34.1 Å². The van der Waals surface area contributed by atoms with Crippen LogP contribution in [0.15, 0.2) is 75.9 Å². The second-order valence-corrected chi connectivity index (χ2v) is 7.55. The van der Waals surface area contributed by atoms with Gasteiger partial charge >= 0.3 is 0 Å². The first-order valence-corrected chi connectivity index (χ1v) is 10.6. The highest BCUT2D eigenvalue weighted by Crippen LogP contribution is 2.40. The third-order valence-electron chi connectivity index (χ3n) is 4.89. The molecule has 6 nitrogen and oxygen atoms in total. The van der Waals surface area contributed by atoms with Crippen molar-refractivity contribution in [2.75, 3.05) is 7.11 Å². The molecule has 0 atom stereocenters. The highest BCUT2D eigenvalue weighted by Gasteiger charge is 2.24. The zero-order valence-corrected chi connectivity index (χ0v) is 19.5. The van der Waals surface area contributed by atoms with E-state index in [-0.39, 0.29) is 28.2 Å². The molecule has 0 amide bonds. The van der Waals surface area contributed by atoms with Crippen molar-refractivity contribution in [1.82, 2.24) is 0 Å². The summed E-state index contributed by atoms with van der Waals surface area (Å²) in [5, 5.41) is 10.8. The van der Waals surface area contributed by atoms with Gasteiger partial charge < -0.3 is 23.7 Å². The largest absolute Gasteiger partial charge is 0.507 e. The monoisotopic (exact) mass is 448 g/mol. The van der Waals surface area contributed by atoms with Crippen LogP contribution in [0.25, 0.3) is 22.3 Å². The molecule has 1 N–H and O–H groups in total. The van der Waals surface area contributed by atoms with E-state index in [2.05, 4.69) is 0 Å². The number of benzene rings is 2. The third kappa shape index (κ3) is 5.12. The van der Waals surface area contributed by atoms with Crippen molar-refractivity contribution in [3.05, 3.63) is 82.4 Å². The molecule has 2 aromatic carbocycles. The van der Waals surface area contributed by atoms with Crippen molar-refractivity contribution in [3.8, 4) is 34.3 Å². The van der Waals surface area contributed by atoms with Gasteiger partial charge in [0.05, 0.1) is 19.6 Å². The van der Waals surface area contributed by atoms with Gasteiger partial charge in [0.2, 0.25) is 11.2 Å². The van der Waals surface area contributed by atoms with Gasteiger partial charge in [0.15, 0.2) is 5.76 Å². The number of phenolic OH excluding ortho intramolecular Hbond substituents is 1. The Balaban J connectivity index is 2.41. The predicted molar refractivity (Wildman–Crippen MR) is 130 cm³/mol. The molecule has 172 valence electrons. The fourth-order valence-electron chi connectivity index (χ4n) is 3.28. The summed E-state index contributed by atoms with van der Waals surface area (Å²) >= 11 is 0. The molecule has 0 aliphatic carbocycles. The SMILES string of the molecule is C/C=C/Oc1cc(O)c2c(=O)c(O/C=C/C)c(-c3ccc(OC)cc3)oc2c1CC=C(C)C. The average molecular weight is 449 g/mol. The van der Waals surface area contributed by atoms with Gasteiger partial charge in [-0.15, -0.1) is 0 Å². The standard InChI is InChI=1S/C27H28O6/c1-6-14-31-22-16-21(28)23-24(29)27(32-15-7-2)25(18-9-11-19(30-5)12-10-18)33-26(23)20(22)13-8-17(3)4/h6-12,14-16,28H,13H2,1-5H3/b14-6+,15-7+. The molecule has 33 heavy (non-hydrogen) atoms. The van der Waals surface area contributed by atoms with Gasteiger partial charge in [-0.1, -0.05) is 23.8 Å². The van der Waals surface area contributed by atoms with Crippen molar-refractivity contribution in [2.24, 2.45) is 0 Å². The summed E-state index contributed by atoms with van der Waals surface area (Å²) in [6.07, 6.45) is 8.76. The molecular weight excluding hydrogens is 420 g/mol. The average Bonchev–Trinajstić information content (AvgIpc) is 2.81. The van der Waals surface area contributed by atoms with Gasteiger partial charge in [0, 0.05) is 17.2 Å². The molecule has 1 aromatic heterocycles. The van der Waals surface area contributed by atoms with Crippen LogP contribution in [0.1, 0.15) is 33.3 Å². The first kappa shape index (κ1) is 23.7. The van der Waals surface area contributed by atoms with Crippen LogP contribution >= 0.6 is 0 Å². The Kier molecular flexibility index (Phi) is 7.61. The van der Waals surface area contributed by atoms with Gasteiger partial charge in [-0.25, -0.2) is 0 Å². The number of aromatic hydroxyl groups is 1. The molecule has 0 saturated carbocycles. The van der Waals surface area contributed by atoms with E-state index >= 15 is 0 Å². The maximum Gasteiger partial charge on any atom is 0.239 e. The van der Waals surface area contributed by atoms with Gasteiger partial charge in [-0.3, -0.25) is 4.79 Å². The van der Waals surface area contributed by atoms with E-state index in [1.807, 2.05) is 26.8 Å². The highest BCUT2D eigenvalue weighted by atomic mass is 16.5. The quantitative estimate of drug-likeness (QED) is 0.313. The number of hydrogen-bond acceptors (Lipinski definition) is 6. The van der Waals surface area contributed by atoms with E-state index in [0.29, 0.717) is 29.0 Å². The maximum absolute atomic E-state index is 13.5. The van der Waals surface area contributed by atoms with E-state index in [0.717, 1.165) is 5.57 Å². The lowest BCUT2D eigenvalue weighted by Crippen LogP contribution is -2.09. The van der Waals surface area contributed by atoms with E-state index in [9.17, 15) is 9.90 Å². The fourth-order valence-corrected chi connectivity index (χ4v) is 3.28. The number of hydrogen-bond donors (Lipinski definition) is 1. The topological polar surface area (TPSA) is 78.1 Å². The van der Waals surface area contributed by atoms with Crippen LogP contribution in [0.2, 0.25) is 0 Å². The molecule has 0 aliphatic heterocycles. The number of rotatable bonds is 8. The summed E-state index contributed by atoms with van der Waals surface area (Å²) < 4.78 is 22.9. The summed E-state index contributed by atoms with van der Waals surface area (Å²) in [6, 6.07) is 8.53. The Bertz CT molecular complexity index is 1270. The van der Waals surface area contributed by atoms with E-state index in [1.54, 1.807) is 50.5 Å². The maximum atomic E-state index is 13.5. The molecule has 3 rings (SSSR count). The van der Waals surface area contributed by atoms with E-state index in [1.165, 1.54) is 18.6 Å². The fraction of sp³-hybridized carbons (Fsp3) is 0.222. The molecule has 0 unspecified atom stereocenters. The lowest BCUT2D eigenvalue weighted by molar-refractivity contribution is 0.414. The summed E-state index contributed by atoms with van der Waals surface area (Å²) in [5.74, 6) is 1.06. The lowest BCUT2D eigenvalue weighted by atomic mass is 10.0. The second-order valence-electron chi connectivity index (χ2n) is 7.55. The highest BCUT2D eigenvalue weighted by molar-refractivity contribution is 5.91. The molecule has 1 heterocycles. The number of ether oxygens (including phenoxy) is 3. The first-order valence-electron chi connectivity index (χ1n) is 10.6. The second kappa shape index (κ2) is 10.6. The van der Waals surface area contributed by atoms with Crippen molar-refractivity contribution in [3.63, 3.8) is 0 Å². The van der Waals surface area contributed by atoms with Crippen LogP contribution in [0, 0.1) is 0 Å². The Labute approximate surface area is 193 Å². The third-order valence-corrected chi connectivity index (χ3v) is 4.89. The van der Waals surface area contributed by atoms with Crippen LogP contribution in [0.4, 0.5) is 0 Å². The van der Waals surface area contributed by atoms with Crippen LogP contribution in [0.3, 0.4) is 0 Å². The zero-order valence-electron chi connectivity index (χ0n) is 19.5. The Morgan fingerprint density at radius 1 is 1.06 bits per heavy atom. The Hall–Kier alpha value is -3.93. The summed E-state index contributed by atoms with van der Waals surface area (Å²) in [6.45, 7) is 7.56. The molecule has 3 aromatic rings. The van der Waals surface area contributed by atoms with Crippen molar-refractivity contribution in [1.29, 1.82) is 0 Å². The minimum absolute atomic E-state index is 0.0173. The summed E-state index contributed by atoms with van der Waals surface area (Å²) in [4.78, 5) is 13.5. The predicted octanol–water partition coefficient (Wildman–Crippen LogP) is 6.51. The number of allylic oxidation sites excluding steroid dienone is 4. The molecule has 0 fully saturated rings. The minimum Gasteiger partial charge on any atom is -0.507 e. The number of fused-ring (bicyclic) bond motifs is 1. The first-order chi connectivity index (χ1) is 15.9. The van der Waals surface area contributed by atoms with Crippen LogP contribution in [-0.2, 0) is 6.42 Å². The normalized spacial score (nSPS) is 11.3. The van der Waals surface area contributed by atoms with Gasteiger partial charge in [0.1, 0.15) is 28.2 Å². The van der Waals surface area contributed by atoms with Gasteiger partial charge in [-0.05, 0) is 58.4 Å². The molecule has 0 bridgehead atoms. The van der Waals surface area contributed by atoms with Crippen molar-refractivity contribution >= 4 is 11.0 Å². The Morgan fingerprint density at radius 2 is 1.73 bits per heavy atom. The van der Waals surface area contributed by atoms with Gasteiger partial charge in [0.25, 0.3) is 0 Å². The molecule has 0 aliphatic rings. The van der Waals surface area contributed by atoms with Crippen LogP contribution in [0.5, 0.6) is 23.0 Å². The zero-order chi connectivity index (χ0) is 24.0. The number of phenols is 1. The Morgan fingerprint density at radius 3 is 2.33 bits per heavy atom. The van der Waals surface area contributed by atoms with Crippen LogP contribution in [-0.4, -0.2) is 12.2 Å². The smallest absolute Gasteiger partial charge is 0.239 e. The molecular formula is C27H28O6. The van der Waals surface area contributed by atoms with Gasteiger partial charge in [-0.2, -0.15) is 0 Å². The molecule has 6 heteroatoms. The summed E-state index contributed by atoms with van der Waals surface area (Å²) in [5.41, 5.74) is 2.14. The molecule has 0 saturated heterocycles. The van der Waals surface area contributed by atoms with Crippen LogP contribution < -0.4 is 19.6 Å². The van der Waals surface area contributed by atoms with E-state index in [4.69, 9.17) is 18.6 Å². The van der Waals surface area contributed by atoms with Crippen molar-refractivity contribution < 1.29 is 23.7 Å².